The largest absolute Gasteiger partial charge is 0.481 e. The summed E-state index contributed by atoms with van der Waals surface area (Å²) in [5.41, 5.74) is 6.58. The maximum absolute atomic E-state index is 12.1. The summed E-state index contributed by atoms with van der Waals surface area (Å²) in [4.78, 5) is 45.1. The Kier molecular flexibility index (Phi) is 7.37. The van der Waals surface area contributed by atoms with Gasteiger partial charge in [-0.2, -0.15) is 0 Å². The highest BCUT2D eigenvalue weighted by Gasteiger charge is 2.26. The second-order valence-electron chi connectivity index (χ2n) is 5.07. The molecule has 0 fully saturated rings. The summed E-state index contributed by atoms with van der Waals surface area (Å²) in [6.07, 6.45) is -0.474. The van der Waals surface area contributed by atoms with Crippen molar-refractivity contribution in [3.8, 4) is 0 Å². The van der Waals surface area contributed by atoms with E-state index in [0.717, 1.165) is 5.56 Å². The first-order valence-electron chi connectivity index (χ1n) is 7.10. The number of hydrogen-bond acceptors (Lipinski definition) is 5. The number of rotatable bonds is 9. The second-order valence-corrected chi connectivity index (χ2v) is 5.07. The minimum absolute atomic E-state index is 0.212. The summed E-state index contributed by atoms with van der Waals surface area (Å²) < 4.78 is 0. The molecule has 0 spiro atoms. The number of carboxylic acids is 2. The Labute approximate surface area is 137 Å². The van der Waals surface area contributed by atoms with E-state index in [-0.39, 0.29) is 6.42 Å². The second kappa shape index (κ2) is 9.26. The monoisotopic (exact) mass is 337 g/mol. The zero-order valence-electron chi connectivity index (χ0n) is 12.8. The van der Waals surface area contributed by atoms with E-state index in [1.807, 2.05) is 11.4 Å². The molecular weight excluding hydrogens is 318 g/mol. The summed E-state index contributed by atoms with van der Waals surface area (Å²) in [7, 11) is 0. The molecule has 1 rings (SSSR count). The lowest BCUT2D eigenvalue weighted by Crippen LogP contribution is -2.53. The quantitative estimate of drug-likeness (QED) is 0.375. The van der Waals surface area contributed by atoms with E-state index in [1.165, 1.54) is 0 Å². The molecule has 9 nitrogen and oxygen atoms in total. The number of benzene rings is 1. The van der Waals surface area contributed by atoms with Crippen LogP contribution < -0.4 is 16.4 Å². The number of carboxylic acid groups (broad SMARTS) is 2. The van der Waals surface area contributed by atoms with Crippen molar-refractivity contribution in [2.45, 2.75) is 24.9 Å². The molecule has 0 bridgehead atoms. The minimum Gasteiger partial charge on any atom is -0.481 e. The molecule has 0 aliphatic carbocycles. The summed E-state index contributed by atoms with van der Waals surface area (Å²) in [6.45, 7) is -0.680. The van der Waals surface area contributed by atoms with Gasteiger partial charge in [-0.15, -0.1) is 0 Å². The van der Waals surface area contributed by atoms with Crippen molar-refractivity contribution in [3.63, 3.8) is 0 Å². The predicted molar refractivity (Wildman–Crippen MR) is 83.0 cm³/mol. The van der Waals surface area contributed by atoms with Crippen LogP contribution in [0, 0.1) is 0 Å². The third kappa shape index (κ3) is 6.88. The van der Waals surface area contributed by atoms with Crippen LogP contribution in [0.1, 0.15) is 12.0 Å². The van der Waals surface area contributed by atoms with Crippen molar-refractivity contribution >= 4 is 23.8 Å². The molecule has 0 heterocycles. The summed E-state index contributed by atoms with van der Waals surface area (Å²) in [5.74, 6) is -4.21. The number of carbonyl (C=O) groups is 4. The van der Waals surface area contributed by atoms with Gasteiger partial charge in [-0.25, -0.2) is 0 Å². The maximum Gasteiger partial charge on any atom is 0.322 e. The molecule has 0 aromatic heterocycles. The fraction of sp³-hybridized carbons (Fsp3) is 0.333. The molecule has 0 aliphatic heterocycles. The Balaban J connectivity index is 2.66. The standard InChI is InChI=1S/C15H19N3O6/c16-10(6-9-4-2-1-3-5-9)14(23)18-11(7-12(19)20)15(24)17-8-13(21)22/h1-5,10-11H,6-8,16H2,(H,17,24)(H,18,23)(H,19,20)(H,21,22)/t10-,11-/m0/s1. The fourth-order valence-corrected chi connectivity index (χ4v) is 1.91. The van der Waals surface area contributed by atoms with Gasteiger partial charge in [0.1, 0.15) is 12.6 Å². The molecule has 0 radical (unpaired) electrons. The number of carbonyl (C=O) groups excluding carboxylic acids is 2. The summed E-state index contributed by atoms with van der Waals surface area (Å²) in [6, 6.07) is 6.55. The number of nitrogens with two attached hydrogens (primary N) is 1. The molecule has 2 amide bonds. The molecule has 24 heavy (non-hydrogen) atoms. The van der Waals surface area contributed by atoms with Gasteiger partial charge < -0.3 is 26.6 Å². The Bertz CT molecular complexity index is 604. The molecule has 6 N–H and O–H groups in total. The number of hydrogen-bond donors (Lipinski definition) is 5. The van der Waals surface area contributed by atoms with Crippen LogP contribution in [0.15, 0.2) is 30.3 Å². The van der Waals surface area contributed by atoms with Gasteiger partial charge in [-0.1, -0.05) is 30.3 Å². The highest BCUT2D eigenvalue weighted by molar-refractivity contribution is 5.93. The van der Waals surface area contributed by atoms with E-state index in [2.05, 4.69) is 5.32 Å². The number of aliphatic carboxylic acids is 2. The van der Waals surface area contributed by atoms with Crippen LogP contribution in [-0.2, 0) is 25.6 Å². The first kappa shape index (κ1) is 19.1. The van der Waals surface area contributed by atoms with Gasteiger partial charge in [-0.3, -0.25) is 19.2 Å². The van der Waals surface area contributed by atoms with Crippen LogP contribution in [0.4, 0.5) is 0 Å². The zero-order valence-corrected chi connectivity index (χ0v) is 12.8. The van der Waals surface area contributed by atoms with E-state index in [0.29, 0.717) is 0 Å². The number of nitrogens with one attached hydrogen (secondary N) is 2. The Morgan fingerprint density at radius 2 is 1.62 bits per heavy atom. The Morgan fingerprint density at radius 3 is 2.17 bits per heavy atom. The molecule has 2 atom stereocenters. The van der Waals surface area contributed by atoms with Crippen LogP contribution in [-0.4, -0.2) is 52.6 Å². The topological polar surface area (TPSA) is 159 Å². The van der Waals surface area contributed by atoms with Crippen LogP contribution in [0.25, 0.3) is 0 Å². The lowest BCUT2D eigenvalue weighted by atomic mass is 10.1. The lowest BCUT2D eigenvalue weighted by Gasteiger charge is -2.19. The van der Waals surface area contributed by atoms with Crippen LogP contribution in [0.2, 0.25) is 0 Å². The maximum atomic E-state index is 12.1. The van der Waals surface area contributed by atoms with Gasteiger partial charge in [0.15, 0.2) is 0 Å². The molecule has 1 aromatic rings. The molecule has 9 heteroatoms. The normalized spacial score (nSPS) is 12.7. The van der Waals surface area contributed by atoms with E-state index < -0.39 is 48.8 Å². The Hall–Kier alpha value is -2.94. The van der Waals surface area contributed by atoms with E-state index in [9.17, 15) is 19.2 Å². The first-order chi connectivity index (χ1) is 11.3. The lowest BCUT2D eigenvalue weighted by molar-refractivity contribution is -0.141. The van der Waals surface area contributed by atoms with Crippen molar-refractivity contribution in [1.82, 2.24) is 10.6 Å². The highest BCUT2D eigenvalue weighted by atomic mass is 16.4. The smallest absolute Gasteiger partial charge is 0.322 e. The minimum atomic E-state index is -1.41. The van der Waals surface area contributed by atoms with Crippen molar-refractivity contribution < 1.29 is 29.4 Å². The van der Waals surface area contributed by atoms with Crippen molar-refractivity contribution in [2.24, 2.45) is 5.73 Å². The van der Waals surface area contributed by atoms with Gasteiger partial charge in [0, 0.05) is 0 Å². The molecule has 130 valence electrons. The van der Waals surface area contributed by atoms with Crippen LogP contribution in [0.5, 0.6) is 0 Å². The fourth-order valence-electron chi connectivity index (χ4n) is 1.91. The van der Waals surface area contributed by atoms with Crippen molar-refractivity contribution in [1.29, 1.82) is 0 Å². The predicted octanol–water partition coefficient (Wildman–Crippen LogP) is -1.28. The number of amides is 2. The van der Waals surface area contributed by atoms with Gasteiger partial charge in [0.2, 0.25) is 11.8 Å². The zero-order chi connectivity index (χ0) is 18.1. The van der Waals surface area contributed by atoms with E-state index in [4.69, 9.17) is 15.9 Å². The average Bonchev–Trinajstić information content (AvgIpc) is 2.52. The van der Waals surface area contributed by atoms with Gasteiger partial charge in [-0.05, 0) is 12.0 Å². The Morgan fingerprint density at radius 1 is 1.00 bits per heavy atom. The summed E-state index contributed by atoms with van der Waals surface area (Å²) in [5, 5.41) is 21.6. The summed E-state index contributed by atoms with van der Waals surface area (Å²) >= 11 is 0. The average molecular weight is 337 g/mol. The third-order valence-electron chi connectivity index (χ3n) is 3.06. The van der Waals surface area contributed by atoms with Gasteiger partial charge in [0.25, 0.3) is 0 Å². The molecule has 0 unspecified atom stereocenters. The first-order valence-corrected chi connectivity index (χ1v) is 7.10. The molecular formula is C15H19N3O6. The molecule has 1 aromatic carbocycles. The van der Waals surface area contributed by atoms with Crippen molar-refractivity contribution in [2.75, 3.05) is 6.54 Å². The van der Waals surface area contributed by atoms with E-state index >= 15 is 0 Å². The SMILES string of the molecule is N[C@@H](Cc1ccccc1)C(=O)N[C@@H](CC(=O)O)C(=O)NCC(=O)O. The highest BCUT2D eigenvalue weighted by Crippen LogP contribution is 2.03. The van der Waals surface area contributed by atoms with Crippen LogP contribution >= 0.6 is 0 Å². The third-order valence-corrected chi connectivity index (χ3v) is 3.06. The van der Waals surface area contributed by atoms with Crippen LogP contribution in [0.3, 0.4) is 0 Å². The van der Waals surface area contributed by atoms with E-state index in [1.54, 1.807) is 24.3 Å². The van der Waals surface area contributed by atoms with Crippen molar-refractivity contribution in [3.05, 3.63) is 35.9 Å². The molecule has 0 aliphatic rings. The van der Waals surface area contributed by atoms with Gasteiger partial charge in [0.05, 0.1) is 12.5 Å². The van der Waals surface area contributed by atoms with Gasteiger partial charge >= 0.3 is 11.9 Å². The molecule has 0 saturated heterocycles. The molecule has 0 saturated carbocycles.